The summed E-state index contributed by atoms with van der Waals surface area (Å²) in [7, 11) is 0. The molecule has 4 heteroatoms. The first-order valence-electron chi connectivity index (χ1n) is 7.16. The highest BCUT2D eigenvalue weighted by Crippen LogP contribution is 2.20. The number of carbonyl (C=O) groups is 1. The van der Waals surface area contributed by atoms with Crippen molar-refractivity contribution >= 4 is 11.8 Å². The average molecular weight is 282 g/mol. The molecule has 1 amide bonds. The molecule has 2 aromatic rings. The van der Waals surface area contributed by atoms with Crippen molar-refractivity contribution in [1.29, 1.82) is 0 Å². The Labute approximate surface area is 124 Å². The number of amides is 1. The number of ether oxygens (including phenoxy) is 1. The van der Waals surface area contributed by atoms with E-state index in [1.54, 1.807) is 12.1 Å². The van der Waals surface area contributed by atoms with Gasteiger partial charge in [-0.25, -0.2) is 4.79 Å². The minimum Gasteiger partial charge on any atom is -0.410 e. The zero-order valence-electron chi connectivity index (χ0n) is 11.7. The lowest BCUT2D eigenvalue weighted by atomic mass is 10.2. The number of carbonyl (C=O) groups excluding carboxylic acids is 1. The minimum absolute atomic E-state index is 0.478. The van der Waals surface area contributed by atoms with Crippen LogP contribution in [-0.4, -0.2) is 12.1 Å². The van der Waals surface area contributed by atoms with Crippen LogP contribution in [0.3, 0.4) is 0 Å². The quantitative estimate of drug-likeness (QED) is 0.881. The predicted molar refractivity (Wildman–Crippen MR) is 82.4 cm³/mol. The maximum Gasteiger partial charge on any atom is 0.417 e. The zero-order valence-corrected chi connectivity index (χ0v) is 11.7. The SMILES string of the molecule is O=C(Nc1cccc(CNC2CC2)c1)Oc1ccccc1. The van der Waals surface area contributed by atoms with E-state index in [4.69, 9.17) is 4.74 Å². The smallest absolute Gasteiger partial charge is 0.410 e. The molecule has 1 aliphatic carbocycles. The van der Waals surface area contributed by atoms with Gasteiger partial charge in [0.15, 0.2) is 0 Å². The molecule has 0 spiro atoms. The Bertz CT molecular complexity index is 609. The van der Waals surface area contributed by atoms with Crippen molar-refractivity contribution in [3.63, 3.8) is 0 Å². The highest BCUT2D eigenvalue weighted by atomic mass is 16.6. The molecular formula is C17H18N2O2. The Morgan fingerprint density at radius 1 is 1.10 bits per heavy atom. The van der Waals surface area contributed by atoms with Crippen molar-refractivity contribution in [1.82, 2.24) is 5.32 Å². The van der Waals surface area contributed by atoms with Gasteiger partial charge in [-0.2, -0.15) is 0 Å². The average Bonchev–Trinajstić information content (AvgIpc) is 3.31. The lowest BCUT2D eigenvalue weighted by molar-refractivity contribution is 0.215. The summed E-state index contributed by atoms with van der Waals surface area (Å²) in [5.74, 6) is 0.529. The number of para-hydroxylation sites is 1. The number of anilines is 1. The van der Waals surface area contributed by atoms with Crippen molar-refractivity contribution in [3.8, 4) is 5.75 Å². The van der Waals surface area contributed by atoms with Crippen LogP contribution in [0.2, 0.25) is 0 Å². The summed E-state index contributed by atoms with van der Waals surface area (Å²) >= 11 is 0. The summed E-state index contributed by atoms with van der Waals surface area (Å²) in [6.45, 7) is 0.827. The predicted octanol–water partition coefficient (Wildman–Crippen LogP) is 3.55. The van der Waals surface area contributed by atoms with Crippen LogP contribution < -0.4 is 15.4 Å². The van der Waals surface area contributed by atoms with Gasteiger partial charge in [-0.3, -0.25) is 5.32 Å². The van der Waals surface area contributed by atoms with Gasteiger partial charge in [0.05, 0.1) is 0 Å². The maximum absolute atomic E-state index is 11.8. The molecule has 3 rings (SSSR count). The second-order valence-electron chi connectivity index (χ2n) is 5.18. The lowest BCUT2D eigenvalue weighted by Gasteiger charge is -2.08. The van der Waals surface area contributed by atoms with Gasteiger partial charge in [-0.15, -0.1) is 0 Å². The number of nitrogens with one attached hydrogen (secondary N) is 2. The van der Waals surface area contributed by atoms with Crippen LogP contribution in [-0.2, 0) is 6.54 Å². The third-order valence-corrected chi connectivity index (χ3v) is 3.30. The zero-order chi connectivity index (χ0) is 14.5. The van der Waals surface area contributed by atoms with Crippen LogP contribution in [0.15, 0.2) is 54.6 Å². The van der Waals surface area contributed by atoms with Crippen molar-refractivity contribution in [2.75, 3.05) is 5.32 Å². The molecule has 1 fully saturated rings. The molecule has 1 aliphatic rings. The van der Waals surface area contributed by atoms with Crippen LogP contribution in [0.25, 0.3) is 0 Å². The molecule has 108 valence electrons. The fourth-order valence-corrected chi connectivity index (χ4v) is 2.05. The summed E-state index contributed by atoms with van der Waals surface area (Å²) in [5, 5.41) is 6.19. The minimum atomic E-state index is -0.478. The van der Waals surface area contributed by atoms with Crippen molar-refractivity contribution in [2.24, 2.45) is 0 Å². The van der Waals surface area contributed by atoms with Gasteiger partial charge < -0.3 is 10.1 Å². The van der Waals surface area contributed by atoms with Crippen LogP contribution >= 0.6 is 0 Å². The highest BCUT2D eigenvalue weighted by molar-refractivity contribution is 5.86. The topological polar surface area (TPSA) is 50.4 Å². The maximum atomic E-state index is 11.8. The van der Waals surface area contributed by atoms with Gasteiger partial charge in [0, 0.05) is 18.3 Å². The largest absolute Gasteiger partial charge is 0.417 e. The molecule has 2 N–H and O–H groups in total. The Hall–Kier alpha value is -2.33. The molecule has 0 radical (unpaired) electrons. The molecule has 0 bridgehead atoms. The van der Waals surface area contributed by atoms with E-state index < -0.39 is 6.09 Å². The molecule has 0 unspecified atom stereocenters. The van der Waals surface area contributed by atoms with E-state index in [1.165, 1.54) is 12.8 Å². The standard InChI is InChI=1S/C17H18N2O2/c20-17(21-16-7-2-1-3-8-16)19-15-6-4-5-13(11-15)12-18-14-9-10-14/h1-8,11,14,18H,9-10,12H2,(H,19,20). The van der Waals surface area contributed by atoms with Gasteiger partial charge in [-0.05, 0) is 42.7 Å². The highest BCUT2D eigenvalue weighted by Gasteiger charge is 2.19. The van der Waals surface area contributed by atoms with E-state index in [0.29, 0.717) is 11.8 Å². The van der Waals surface area contributed by atoms with Gasteiger partial charge in [-0.1, -0.05) is 30.3 Å². The monoisotopic (exact) mass is 282 g/mol. The van der Waals surface area contributed by atoms with Gasteiger partial charge in [0.1, 0.15) is 5.75 Å². The second-order valence-corrected chi connectivity index (χ2v) is 5.18. The van der Waals surface area contributed by atoms with Crippen molar-refractivity contribution in [2.45, 2.75) is 25.4 Å². The molecule has 4 nitrogen and oxygen atoms in total. The van der Waals surface area contributed by atoms with Crippen LogP contribution in [0.5, 0.6) is 5.75 Å². The van der Waals surface area contributed by atoms with Gasteiger partial charge >= 0.3 is 6.09 Å². The Kier molecular flexibility index (Phi) is 4.17. The molecule has 0 saturated heterocycles. The molecule has 2 aromatic carbocycles. The Morgan fingerprint density at radius 3 is 2.67 bits per heavy atom. The second kappa shape index (κ2) is 6.41. The van der Waals surface area contributed by atoms with Gasteiger partial charge in [0.25, 0.3) is 0 Å². The number of rotatable bonds is 5. The van der Waals surface area contributed by atoms with E-state index in [2.05, 4.69) is 10.6 Å². The summed E-state index contributed by atoms with van der Waals surface area (Å²) in [4.78, 5) is 11.8. The summed E-state index contributed by atoms with van der Waals surface area (Å²) in [6, 6.07) is 17.5. The molecule has 21 heavy (non-hydrogen) atoms. The molecule has 0 atom stereocenters. The number of hydrogen-bond donors (Lipinski definition) is 2. The first-order valence-corrected chi connectivity index (χ1v) is 7.16. The Morgan fingerprint density at radius 2 is 1.90 bits per heavy atom. The van der Waals surface area contributed by atoms with Crippen molar-refractivity contribution in [3.05, 3.63) is 60.2 Å². The van der Waals surface area contributed by atoms with E-state index in [-0.39, 0.29) is 0 Å². The van der Waals surface area contributed by atoms with Crippen LogP contribution in [0, 0.1) is 0 Å². The third-order valence-electron chi connectivity index (χ3n) is 3.30. The van der Waals surface area contributed by atoms with Crippen LogP contribution in [0.4, 0.5) is 10.5 Å². The van der Waals surface area contributed by atoms with E-state index in [1.807, 2.05) is 42.5 Å². The van der Waals surface area contributed by atoms with Crippen molar-refractivity contribution < 1.29 is 9.53 Å². The third kappa shape index (κ3) is 4.33. The number of hydrogen-bond acceptors (Lipinski definition) is 3. The molecule has 0 aliphatic heterocycles. The Balaban J connectivity index is 1.56. The number of benzene rings is 2. The fourth-order valence-electron chi connectivity index (χ4n) is 2.05. The van der Waals surface area contributed by atoms with E-state index in [9.17, 15) is 4.79 Å². The molecule has 1 saturated carbocycles. The van der Waals surface area contributed by atoms with E-state index in [0.717, 1.165) is 17.8 Å². The molecule has 0 heterocycles. The van der Waals surface area contributed by atoms with Gasteiger partial charge in [0.2, 0.25) is 0 Å². The lowest BCUT2D eigenvalue weighted by Crippen LogP contribution is -2.18. The molecular weight excluding hydrogens is 264 g/mol. The fraction of sp³-hybridized carbons (Fsp3) is 0.235. The van der Waals surface area contributed by atoms with Crippen LogP contribution in [0.1, 0.15) is 18.4 Å². The summed E-state index contributed by atoms with van der Waals surface area (Å²) in [6.07, 6.45) is 2.05. The molecule has 0 aromatic heterocycles. The normalized spacial score (nSPS) is 13.7. The first-order chi connectivity index (χ1) is 10.3. The summed E-state index contributed by atoms with van der Waals surface area (Å²) in [5.41, 5.74) is 1.89. The summed E-state index contributed by atoms with van der Waals surface area (Å²) < 4.78 is 5.20. The first kappa shape index (κ1) is 13.6. The van der Waals surface area contributed by atoms with E-state index >= 15 is 0 Å².